The second kappa shape index (κ2) is 6.52. The molecule has 1 N–H and O–H groups in total. The van der Waals surface area contributed by atoms with Crippen molar-refractivity contribution in [3.8, 4) is 0 Å². The van der Waals surface area contributed by atoms with Gasteiger partial charge < -0.3 is 5.32 Å². The number of halogens is 1. The van der Waals surface area contributed by atoms with Gasteiger partial charge in [0.05, 0.1) is 4.92 Å². The molecule has 0 aliphatic carbocycles. The van der Waals surface area contributed by atoms with Crippen molar-refractivity contribution >= 4 is 33.0 Å². The first-order valence-corrected chi connectivity index (χ1v) is 7.19. The van der Waals surface area contributed by atoms with Gasteiger partial charge in [-0.05, 0) is 36.2 Å². The van der Waals surface area contributed by atoms with Crippen LogP contribution in [0.1, 0.15) is 18.9 Å². The zero-order valence-electron chi connectivity index (χ0n) is 11.1. The molecular formula is C15H15BrN2O2. The van der Waals surface area contributed by atoms with Crippen LogP contribution in [-0.2, 0) is 6.42 Å². The van der Waals surface area contributed by atoms with Crippen LogP contribution in [0.4, 0.5) is 17.1 Å². The van der Waals surface area contributed by atoms with Crippen LogP contribution in [0.15, 0.2) is 46.9 Å². The van der Waals surface area contributed by atoms with Gasteiger partial charge in [-0.15, -0.1) is 0 Å². The van der Waals surface area contributed by atoms with Crippen LogP contribution >= 0.6 is 15.9 Å². The maximum Gasteiger partial charge on any atom is 0.293 e. The average Bonchev–Trinajstić information content (AvgIpc) is 2.43. The van der Waals surface area contributed by atoms with Gasteiger partial charge in [-0.3, -0.25) is 10.1 Å². The van der Waals surface area contributed by atoms with Crippen molar-refractivity contribution in [2.75, 3.05) is 5.32 Å². The van der Waals surface area contributed by atoms with Gasteiger partial charge in [-0.2, -0.15) is 0 Å². The van der Waals surface area contributed by atoms with Crippen molar-refractivity contribution in [2.24, 2.45) is 0 Å². The fourth-order valence-electron chi connectivity index (χ4n) is 1.96. The van der Waals surface area contributed by atoms with Crippen molar-refractivity contribution in [1.82, 2.24) is 0 Å². The summed E-state index contributed by atoms with van der Waals surface area (Å²) in [4.78, 5) is 10.7. The lowest BCUT2D eigenvalue weighted by atomic mass is 10.1. The molecule has 0 aromatic heterocycles. The number of benzene rings is 2. The molecule has 0 saturated heterocycles. The Morgan fingerprint density at radius 1 is 1.20 bits per heavy atom. The van der Waals surface area contributed by atoms with Crippen LogP contribution in [-0.4, -0.2) is 4.92 Å². The maximum absolute atomic E-state index is 11.0. The maximum atomic E-state index is 11.0. The minimum Gasteiger partial charge on any atom is -0.350 e. The highest BCUT2D eigenvalue weighted by molar-refractivity contribution is 9.10. The van der Waals surface area contributed by atoms with Gasteiger partial charge in [0.25, 0.3) is 5.69 Å². The lowest BCUT2D eigenvalue weighted by Crippen LogP contribution is -1.97. The molecule has 0 fully saturated rings. The zero-order valence-corrected chi connectivity index (χ0v) is 12.7. The van der Waals surface area contributed by atoms with Crippen LogP contribution in [0, 0.1) is 10.1 Å². The number of hydrogen-bond donors (Lipinski definition) is 1. The first-order valence-electron chi connectivity index (χ1n) is 6.40. The Balaban J connectivity index is 2.23. The van der Waals surface area contributed by atoms with E-state index in [4.69, 9.17) is 0 Å². The van der Waals surface area contributed by atoms with E-state index in [1.807, 2.05) is 24.3 Å². The van der Waals surface area contributed by atoms with Crippen molar-refractivity contribution in [2.45, 2.75) is 19.8 Å². The molecule has 0 unspecified atom stereocenters. The highest BCUT2D eigenvalue weighted by atomic mass is 79.9. The molecule has 4 nitrogen and oxygen atoms in total. The number of anilines is 2. The summed E-state index contributed by atoms with van der Waals surface area (Å²) >= 11 is 3.24. The summed E-state index contributed by atoms with van der Waals surface area (Å²) in [6.45, 7) is 2.14. The molecule has 5 heteroatoms. The zero-order chi connectivity index (χ0) is 14.5. The predicted octanol–water partition coefficient (Wildman–Crippen LogP) is 5.05. The molecule has 0 aliphatic rings. The van der Waals surface area contributed by atoms with E-state index in [0.717, 1.165) is 18.5 Å². The van der Waals surface area contributed by atoms with Gasteiger partial charge in [0.2, 0.25) is 0 Å². The summed E-state index contributed by atoms with van der Waals surface area (Å²) in [5, 5.41) is 14.1. The monoisotopic (exact) mass is 334 g/mol. The molecule has 0 bridgehead atoms. The minimum atomic E-state index is -0.390. The van der Waals surface area contributed by atoms with E-state index in [0.29, 0.717) is 10.2 Å². The van der Waals surface area contributed by atoms with Gasteiger partial charge in [0.15, 0.2) is 0 Å². The smallest absolute Gasteiger partial charge is 0.293 e. The Kier molecular flexibility index (Phi) is 4.74. The van der Waals surface area contributed by atoms with E-state index in [2.05, 4.69) is 28.2 Å². The fraction of sp³-hybridized carbons (Fsp3) is 0.200. The lowest BCUT2D eigenvalue weighted by Gasteiger charge is -2.08. The van der Waals surface area contributed by atoms with E-state index in [1.54, 1.807) is 12.1 Å². The molecule has 0 heterocycles. The number of hydrogen-bond acceptors (Lipinski definition) is 3. The van der Waals surface area contributed by atoms with Crippen molar-refractivity contribution in [3.05, 3.63) is 62.6 Å². The lowest BCUT2D eigenvalue weighted by molar-refractivity contribution is -0.384. The van der Waals surface area contributed by atoms with Crippen LogP contribution in [0.5, 0.6) is 0 Å². The van der Waals surface area contributed by atoms with Gasteiger partial charge in [0.1, 0.15) is 5.69 Å². The molecule has 0 spiro atoms. The predicted molar refractivity (Wildman–Crippen MR) is 84.5 cm³/mol. The van der Waals surface area contributed by atoms with Crippen LogP contribution in [0.2, 0.25) is 0 Å². The van der Waals surface area contributed by atoms with Crippen LogP contribution in [0.3, 0.4) is 0 Å². The van der Waals surface area contributed by atoms with Crippen LogP contribution in [0.25, 0.3) is 0 Å². The summed E-state index contributed by atoms with van der Waals surface area (Å²) in [5.74, 6) is 0. The number of rotatable bonds is 5. The summed E-state index contributed by atoms with van der Waals surface area (Å²) in [5.41, 5.74) is 2.65. The topological polar surface area (TPSA) is 55.2 Å². The molecule has 2 aromatic rings. The Hall–Kier alpha value is -1.88. The molecule has 2 rings (SSSR count). The quantitative estimate of drug-likeness (QED) is 0.614. The summed E-state index contributed by atoms with van der Waals surface area (Å²) in [6.07, 6.45) is 2.14. The normalized spacial score (nSPS) is 10.3. The average molecular weight is 335 g/mol. The number of nitro benzene ring substituents is 1. The Bertz CT molecular complexity index is 612. The molecule has 0 atom stereocenters. The molecular weight excluding hydrogens is 320 g/mol. The highest BCUT2D eigenvalue weighted by Gasteiger charge is 2.14. The molecule has 0 saturated carbocycles. The third-order valence-electron chi connectivity index (χ3n) is 2.93. The second-order valence-corrected chi connectivity index (χ2v) is 5.41. The van der Waals surface area contributed by atoms with Crippen molar-refractivity contribution in [1.29, 1.82) is 0 Å². The van der Waals surface area contributed by atoms with Gasteiger partial charge in [-0.1, -0.05) is 41.4 Å². The largest absolute Gasteiger partial charge is 0.350 e. The number of nitrogens with zero attached hydrogens (tertiary/aromatic N) is 1. The van der Waals surface area contributed by atoms with Gasteiger partial charge in [-0.25, -0.2) is 0 Å². The molecule has 0 aliphatic heterocycles. The molecule has 2 aromatic carbocycles. The standard InChI is InChI=1S/C15H15BrN2O2/c1-2-3-11-4-7-13(8-5-11)17-14-9-6-12(16)10-15(14)18(19)20/h4-10,17H,2-3H2,1H3. The molecule has 20 heavy (non-hydrogen) atoms. The Labute approximate surface area is 126 Å². The highest BCUT2D eigenvalue weighted by Crippen LogP contribution is 2.30. The summed E-state index contributed by atoms with van der Waals surface area (Å²) < 4.78 is 0.688. The van der Waals surface area contributed by atoms with E-state index >= 15 is 0 Å². The summed E-state index contributed by atoms with van der Waals surface area (Å²) in [7, 11) is 0. The summed E-state index contributed by atoms with van der Waals surface area (Å²) in [6, 6.07) is 12.9. The first-order chi connectivity index (χ1) is 9.60. The number of nitrogens with one attached hydrogen (secondary N) is 1. The third kappa shape index (κ3) is 3.57. The fourth-order valence-corrected chi connectivity index (χ4v) is 2.31. The molecule has 0 amide bonds. The van der Waals surface area contributed by atoms with E-state index in [-0.39, 0.29) is 5.69 Å². The van der Waals surface area contributed by atoms with Gasteiger partial charge >= 0.3 is 0 Å². The second-order valence-electron chi connectivity index (χ2n) is 4.49. The minimum absolute atomic E-state index is 0.0528. The Morgan fingerprint density at radius 2 is 1.90 bits per heavy atom. The Morgan fingerprint density at radius 3 is 2.50 bits per heavy atom. The van der Waals surface area contributed by atoms with E-state index in [1.165, 1.54) is 11.6 Å². The van der Waals surface area contributed by atoms with E-state index in [9.17, 15) is 10.1 Å². The van der Waals surface area contributed by atoms with Crippen molar-refractivity contribution in [3.63, 3.8) is 0 Å². The van der Waals surface area contributed by atoms with E-state index < -0.39 is 4.92 Å². The molecule has 104 valence electrons. The number of nitro groups is 1. The first kappa shape index (κ1) is 14.5. The SMILES string of the molecule is CCCc1ccc(Nc2ccc(Br)cc2[N+](=O)[O-])cc1. The number of aryl methyl sites for hydroxylation is 1. The molecule has 0 radical (unpaired) electrons. The van der Waals surface area contributed by atoms with Crippen molar-refractivity contribution < 1.29 is 4.92 Å². The third-order valence-corrected chi connectivity index (χ3v) is 3.42. The van der Waals surface area contributed by atoms with Gasteiger partial charge in [0, 0.05) is 16.2 Å². The van der Waals surface area contributed by atoms with Crippen LogP contribution < -0.4 is 5.32 Å².